The summed E-state index contributed by atoms with van der Waals surface area (Å²) in [5.74, 6) is -0.642. The first-order valence-corrected chi connectivity index (χ1v) is 3.87. The number of nitrogens with zero attached hydrogens (tertiary/aromatic N) is 3. The zero-order valence-electron chi connectivity index (χ0n) is 7.41. The summed E-state index contributed by atoms with van der Waals surface area (Å²) >= 11 is 0. The number of pyridine rings is 1. The molecule has 0 atom stereocenters. The predicted molar refractivity (Wildman–Crippen MR) is 44.9 cm³/mol. The lowest BCUT2D eigenvalue weighted by Crippen LogP contribution is -1.99. The predicted octanol–water partition coefficient (Wildman–Crippen LogP) is 1.66. The summed E-state index contributed by atoms with van der Waals surface area (Å²) in [6.07, 6.45) is -2.42. The van der Waals surface area contributed by atoms with Crippen LogP contribution in [0.2, 0.25) is 0 Å². The average molecular weight is 209 g/mol. The fourth-order valence-electron chi connectivity index (χ4n) is 1.09. The van der Waals surface area contributed by atoms with Gasteiger partial charge in [0, 0.05) is 17.3 Å². The molecule has 0 spiro atoms. The Bertz CT molecular complexity index is 460. The Morgan fingerprint density at radius 3 is 2.60 bits per heavy atom. The normalized spacial score (nSPS) is 9.67. The van der Waals surface area contributed by atoms with Gasteiger partial charge in [0.25, 0.3) is 6.43 Å². The lowest BCUT2D eigenvalue weighted by Gasteiger charge is -2.07. The molecule has 15 heavy (non-hydrogen) atoms. The fraction of sp³-hybridized carbons (Fsp3) is 0.222. The number of hydrogen-bond acceptors (Lipinski definition) is 4. The monoisotopic (exact) mass is 209 g/mol. The summed E-state index contributed by atoms with van der Waals surface area (Å²) in [6.45, 7) is 0. The van der Waals surface area contributed by atoms with Gasteiger partial charge in [-0.05, 0) is 0 Å². The number of nitriles is 2. The molecule has 1 aromatic rings. The van der Waals surface area contributed by atoms with Crippen LogP contribution in [0.15, 0.2) is 6.20 Å². The topological polar surface area (TPSA) is 80.7 Å². The number of aromatic hydroxyl groups is 1. The standard InChI is InChI=1S/C9H5F2N3O/c10-9(11)6-4-14-7(3-13)8(15)5(6)1-2-12/h4,9,15H,1H2. The van der Waals surface area contributed by atoms with Crippen LogP contribution in [0.25, 0.3) is 0 Å². The maximum Gasteiger partial charge on any atom is 0.265 e. The Kier molecular flexibility index (Phi) is 3.14. The molecule has 0 aromatic carbocycles. The summed E-state index contributed by atoms with van der Waals surface area (Å²) in [5, 5.41) is 26.3. The molecule has 6 heteroatoms. The van der Waals surface area contributed by atoms with Crippen LogP contribution < -0.4 is 0 Å². The molecule has 0 aliphatic rings. The lowest BCUT2D eigenvalue weighted by atomic mass is 10.1. The molecule has 0 saturated carbocycles. The van der Waals surface area contributed by atoms with E-state index in [0.717, 1.165) is 6.20 Å². The van der Waals surface area contributed by atoms with Gasteiger partial charge in [-0.1, -0.05) is 0 Å². The molecule has 0 unspecified atom stereocenters. The van der Waals surface area contributed by atoms with Gasteiger partial charge in [-0.2, -0.15) is 10.5 Å². The average Bonchev–Trinajstić information content (AvgIpc) is 2.20. The third-order valence-electron chi connectivity index (χ3n) is 1.79. The first kappa shape index (κ1) is 10.9. The van der Waals surface area contributed by atoms with E-state index >= 15 is 0 Å². The second kappa shape index (κ2) is 4.34. The molecule has 76 valence electrons. The molecule has 0 fully saturated rings. The van der Waals surface area contributed by atoms with Gasteiger partial charge in [0.2, 0.25) is 0 Å². The quantitative estimate of drug-likeness (QED) is 0.803. The van der Waals surface area contributed by atoms with Gasteiger partial charge in [0.1, 0.15) is 6.07 Å². The zero-order chi connectivity index (χ0) is 11.4. The highest BCUT2D eigenvalue weighted by atomic mass is 19.3. The van der Waals surface area contributed by atoms with Gasteiger partial charge < -0.3 is 5.11 Å². The summed E-state index contributed by atoms with van der Waals surface area (Å²) < 4.78 is 24.8. The number of halogens is 2. The minimum Gasteiger partial charge on any atom is -0.505 e. The van der Waals surface area contributed by atoms with Crippen LogP contribution in [0.5, 0.6) is 5.75 Å². The molecule has 0 bridgehead atoms. The van der Waals surface area contributed by atoms with E-state index in [9.17, 15) is 13.9 Å². The molecule has 4 nitrogen and oxygen atoms in total. The lowest BCUT2D eigenvalue weighted by molar-refractivity contribution is 0.149. The van der Waals surface area contributed by atoms with Gasteiger partial charge in [-0.3, -0.25) is 0 Å². The second-order valence-corrected chi connectivity index (χ2v) is 2.64. The zero-order valence-corrected chi connectivity index (χ0v) is 7.41. The SMILES string of the molecule is N#CCc1c(C(F)F)cnc(C#N)c1O. The van der Waals surface area contributed by atoms with Crippen molar-refractivity contribution in [2.24, 2.45) is 0 Å². The van der Waals surface area contributed by atoms with Crippen LogP contribution in [0.1, 0.15) is 23.2 Å². The number of aromatic nitrogens is 1. The van der Waals surface area contributed by atoms with Crippen LogP contribution in [0, 0.1) is 22.7 Å². The van der Waals surface area contributed by atoms with Crippen molar-refractivity contribution >= 4 is 0 Å². The molecular formula is C9H5F2N3O. The fourth-order valence-corrected chi connectivity index (χ4v) is 1.09. The van der Waals surface area contributed by atoms with Crippen molar-refractivity contribution in [3.05, 3.63) is 23.0 Å². The molecule has 1 heterocycles. The Labute approximate surface area is 84.0 Å². The van der Waals surface area contributed by atoms with Gasteiger partial charge in [0.05, 0.1) is 12.5 Å². The molecule has 0 saturated heterocycles. The van der Waals surface area contributed by atoms with Gasteiger partial charge in [-0.25, -0.2) is 13.8 Å². The van der Waals surface area contributed by atoms with E-state index in [-0.39, 0.29) is 17.7 Å². The first-order valence-electron chi connectivity index (χ1n) is 3.87. The van der Waals surface area contributed by atoms with Gasteiger partial charge in [-0.15, -0.1) is 0 Å². The largest absolute Gasteiger partial charge is 0.505 e. The maximum absolute atomic E-state index is 12.4. The van der Waals surface area contributed by atoms with E-state index in [0.29, 0.717) is 0 Å². The molecular weight excluding hydrogens is 204 g/mol. The summed E-state index contributed by atoms with van der Waals surface area (Å²) in [7, 11) is 0. The molecule has 0 aliphatic heterocycles. The number of rotatable bonds is 2. The second-order valence-electron chi connectivity index (χ2n) is 2.64. The molecule has 0 amide bonds. The number of hydrogen-bond donors (Lipinski definition) is 1. The van der Waals surface area contributed by atoms with Crippen molar-refractivity contribution in [2.75, 3.05) is 0 Å². The van der Waals surface area contributed by atoms with E-state index in [2.05, 4.69) is 4.98 Å². The summed E-state index contributed by atoms with van der Waals surface area (Å²) in [6, 6.07) is 3.19. The maximum atomic E-state index is 12.4. The Morgan fingerprint density at radius 1 is 1.47 bits per heavy atom. The smallest absolute Gasteiger partial charge is 0.265 e. The van der Waals surface area contributed by atoms with Crippen LogP contribution >= 0.6 is 0 Å². The minimum absolute atomic E-state index is 0.237. The van der Waals surface area contributed by atoms with Crippen LogP contribution in [-0.4, -0.2) is 10.1 Å². The van der Waals surface area contributed by atoms with E-state index in [1.165, 1.54) is 0 Å². The summed E-state index contributed by atoms with van der Waals surface area (Å²) in [4.78, 5) is 3.36. The minimum atomic E-state index is -2.83. The highest BCUT2D eigenvalue weighted by Gasteiger charge is 2.19. The molecule has 1 rings (SSSR count). The third kappa shape index (κ3) is 2.00. The van der Waals surface area contributed by atoms with Crippen LogP contribution in [-0.2, 0) is 6.42 Å². The first-order chi connectivity index (χ1) is 7.11. The van der Waals surface area contributed by atoms with Crippen molar-refractivity contribution in [3.63, 3.8) is 0 Å². The van der Waals surface area contributed by atoms with Gasteiger partial charge >= 0.3 is 0 Å². The Balaban J connectivity index is 3.40. The highest BCUT2D eigenvalue weighted by Crippen LogP contribution is 2.30. The van der Waals surface area contributed by atoms with Crippen molar-refractivity contribution in [1.82, 2.24) is 4.98 Å². The van der Waals surface area contributed by atoms with E-state index in [4.69, 9.17) is 10.5 Å². The number of alkyl halides is 2. The highest BCUT2D eigenvalue weighted by molar-refractivity contribution is 5.47. The van der Waals surface area contributed by atoms with Gasteiger partial charge in [0.15, 0.2) is 11.4 Å². The third-order valence-corrected chi connectivity index (χ3v) is 1.79. The summed E-state index contributed by atoms with van der Waals surface area (Å²) in [5.41, 5.74) is -1.11. The van der Waals surface area contributed by atoms with E-state index in [1.54, 1.807) is 12.1 Å². The molecule has 1 N–H and O–H groups in total. The van der Waals surface area contributed by atoms with Crippen LogP contribution in [0.3, 0.4) is 0 Å². The van der Waals surface area contributed by atoms with Crippen molar-refractivity contribution in [1.29, 1.82) is 10.5 Å². The van der Waals surface area contributed by atoms with Crippen LogP contribution in [0.4, 0.5) is 8.78 Å². The van der Waals surface area contributed by atoms with E-state index in [1.807, 2.05) is 0 Å². The van der Waals surface area contributed by atoms with E-state index < -0.39 is 17.7 Å². The Hall–Kier alpha value is -2.21. The van der Waals surface area contributed by atoms with Crippen molar-refractivity contribution in [3.8, 4) is 17.9 Å². The molecule has 0 radical (unpaired) electrons. The Morgan fingerprint density at radius 2 is 2.13 bits per heavy atom. The molecule has 0 aliphatic carbocycles. The van der Waals surface area contributed by atoms with Crippen molar-refractivity contribution < 1.29 is 13.9 Å². The van der Waals surface area contributed by atoms with Crippen molar-refractivity contribution in [2.45, 2.75) is 12.8 Å². The molecule has 1 aromatic heterocycles.